The van der Waals surface area contributed by atoms with Crippen molar-refractivity contribution in [2.24, 2.45) is 5.73 Å². The van der Waals surface area contributed by atoms with Crippen LogP contribution < -0.4 is 11.1 Å². The van der Waals surface area contributed by atoms with E-state index in [1.54, 1.807) is 0 Å². The summed E-state index contributed by atoms with van der Waals surface area (Å²) in [4.78, 5) is 49.5. The minimum Gasteiger partial charge on any atom is -0.369 e. The fraction of sp³-hybridized carbons (Fsp3) is 0.571. The smallest absolute Gasteiger partial charge is 0.369 e. The quantitative estimate of drug-likeness (QED) is 0.308. The zero-order valence-electron chi connectivity index (χ0n) is 8.95. The van der Waals surface area contributed by atoms with E-state index in [1.807, 2.05) is 0 Å². The first-order valence-corrected chi connectivity index (χ1v) is 5.93. The molecule has 0 aromatic heterocycles. The lowest BCUT2D eigenvalue weighted by Gasteiger charge is -2.16. The van der Waals surface area contributed by atoms with Gasteiger partial charge in [0, 0.05) is 6.92 Å². The molecule has 2 amide bonds. The fourth-order valence-corrected chi connectivity index (χ4v) is 1.27. The van der Waals surface area contributed by atoms with E-state index in [1.165, 1.54) is 0 Å². The van der Waals surface area contributed by atoms with E-state index >= 15 is 0 Å². The SMILES string of the molecule is CC(=O)N[C@@H](COP(=O)(O)O)C(=O)CC(N)=O. The van der Waals surface area contributed by atoms with Gasteiger partial charge in [-0.25, -0.2) is 4.57 Å². The Morgan fingerprint density at radius 2 is 1.94 bits per heavy atom. The molecule has 0 aromatic carbocycles. The zero-order valence-corrected chi connectivity index (χ0v) is 9.85. The fourth-order valence-electron chi connectivity index (χ4n) is 0.927. The molecule has 98 valence electrons. The molecule has 17 heavy (non-hydrogen) atoms. The number of carbonyl (C=O) groups is 3. The third-order valence-corrected chi connectivity index (χ3v) is 2.01. The highest BCUT2D eigenvalue weighted by molar-refractivity contribution is 7.46. The Morgan fingerprint density at radius 3 is 2.29 bits per heavy atom. The average Bonchev–Trinajstić information content (AvgIpc) is 2.08. The molecular weight excluding hydrogens is 255 g/mol. The Labute approximate surface area is 96.6 Å². The monoisotopic (exact) mass is 268 g/mol. The van der Waals surface area contributed by atoms with Crippen molar-refractivity contribution in [3.8, 4) is 0 Å². The minimum absolute atomic E-state index is 0.609. The Balaban J connectivity index is 4.53. The molecule has 0 bridgehead atoms. The molecule has 0 aromatic rings. The largest absolute Gasteiger partial charge is 0.469 e. The highest BCUT2D eigenvalue weighted by atomic mass is 31.2. The molecule has 0 unspecified atom stereocenters. The number of nitrogens with two attached hydrogens (primary N) is 1. The van der Waals surface area contributed by atoms with Gasteiger partial charge in [-0.2, -0.15) is 0 Å². The first-order valence-electron chi connectivity index (χ1n) is 4.40. The van der Waals surface area contributed by atoms with E-state index < -0.39 is 44.5 Å². The van der Waals surface area contributed by atoms with Crippen LogP contribution in [0.3, 0.4) is 0 Å². The maximum absolute atomic E-state index is 11.4. The number of hydrogen-bond acceptors (Lipinski definition) is 5. The number of phosphoric acid groups is 1. The van der Waals surface area contributed by atoms with Gasteiger partial charge >= 0.3 is 7.82 Å². The molecule has 0 saturated carbocycles. The third-order valence-electron chi connectivity index (χ3n) is 1.52. The van der Waals surface area contributed by atoms with Crippen LogP contribution in [0.5, 0.6) is 0 Å². The summed E-state index contributed by atoms with van der Waals surface area (Å²) in [7, 11) is -4.76. The lowest BCUT2D eigenvalue weighted by Crippen LogP contribution is -2.44. The average molecular weight is 268 g/mol. The van der Waals surface area contributed by atoms with Crippen LogP contribution in [0.25, 0.3) is 0 Å². The summed E-state index contributed by atoms with van der Waals surface area (Å²) in [5.74, 6) is -2.31. The second kappa shape index (κ2) is 6.45. The number of ketones is 1. The summed E-state index contributed by atoms with van der Waals surface area (Å²) in [6.07, 6.45) is -0.657. The molecule has 1 atom stereocenters. The molecule has 0 spiro atoms. The van der Waals surface area contributed by atoms with Gasteiger partial charge in [-0.15, -0.1) is 0 Å². The van der Waals surface area contributed by atoms with Gasteiger partial charge in [0.15, 0.2) is 5.78 Å². The van der Waals surface area contributed by atoms with Crippen molar-refractivity contribution in [1.29, 1.82) is 0 Å². The summed E-state index contributed by atoms with van der Waals surface area (Å²) in [6, 6.07) is -1.33. The standard InChI is InChI=1S/C7H13N2O7P/c1-4(10)9-5(3-16-17(13,14)15)6(11)2-7(8)12/h5H,2-3H2,1H3,(H2,8,12)(H,9,10)(H2,13,14,15)/t5-/m0/s1. The maximum Gasteiger partial charge on any atom is 0.469 e. The number of Topliss-reactive ketones (excluding diaryl/α,β-unsaturated/α-hetero) is 1. The van der Waals surface area contributed by atoms with Crippen LogP contribution in [0.2, 0.25) is 0 Å². The summed E-state index contributed by atoms with van der Waals surface area (Å²) >= 11 is 0. The lowest BCUT2D eigenvalue weighted by atomic mass is 10.1. The molecular formula is C7H13N2O7P. The van der Waals surface area contributed by atoms with Gasteiger partial charge in [0.2, 0.25) is 11.8 Å². The Bertz CT molecular complexity index is 363. The Kier molecular flexibility index (Phi) is 5.97. The van der Waals surface area contributed by atoms with Crippen molar-refractivity contribution < 1.29 is 33.3 Å². The normalized spacial score (nSPS) is 12.9. The molecule has 9 nitrogen and oxygen atoms in total. The molecule has 0 saturated heterocycles. The molecule has 0 heterocycles. The second-order valence-corrected chi connectivity index (χ2v) is 4.39. The van der Waals surface area contributed by atoms with Crippen LogP contribution in [0.15, 0.2) is 0 Å². The number of nitrogens with one attached hydrogen (secondary N) is 1. The van der Waals surface area contributed by atoms with E-state index in [0.717, 1.165) is 6.92 Å². The molecule has 0 rings (SSSR count). The van der Waals surface area contributed by atoms with Gasteiger partial charge in [0.05, 0.1) is 13.0 Å². The summed E-state index contributed by atoms with van der Waals surface area (Å²) in [5, 5.41) is 2.09. The Hall–Kier alpha value is -1.28. The first kappa shape index (κ1) is 15.7. The molecule has 0 aliphatic rings. The van der Waals surface area contributed by atoms with Crippen molar-refractivity contribution in [3.05, 3.63) is 0 Å². The number of amides is 2. The van der Waals surface area contributed by atoms with Crippen molar-refractivity contribution in [2.45, 2.75) is 19.4 Å². The molecule has 0 radical (unpaired) electrons. The molecule has 0 fully saturated rings. The van der Waals surface area contributed by atoms with Crippen LogP contribution in [0, 0.1) is 0 Å². The third kappa shape index (κ3) is 8.52. The van der Waals surface area contributed by atoms with Gasteiger partial charge in [0.1, 0.15) is 6.04 Å². The van der Waals surface area contributed by atoms with E-state index in [0.29, 0.717) is 0 Å². The molecule has 0 aliphatic heterocycles. The zero-order chi connectivity index (χ0) is 13.6. The first-order chi connectivity index (χ1) is 7.61. The minimum atomic E-state index is -4.76. The molecule has 0 aliphatic carbocycles. The van der Waals surface area contributed by atoms with Gasteiger partial charge < -0.3 is 20.8 Å². The van der Waals surface area contributed by atoms with Gasteiger partial charge in [-0.05, 0) is 0 Å². The predicted octanol–water partition coefficient (Wildman–Crippen LogP) is -1.96. The van der Waals surface area contributed by atoms with Crippen molar-refractivity contribution in [2.75, 3.05) is 6.61 Å². The van der Waals surface area contributed by atoms with E-state index in [9.17, 15) is 18.9 Å². The summed E-state index contributed by atoms with van der Waals surface area (Å²) in [6.45, 7) is 0.359. The van der Waals surface area contributed by atoms with Crippen LogP contribution in [-0.2, 0) is 23.5 Å². The summed E-state index contributed by atoms with van der Waals surface area (Å²) in [5.41, 5.74) is 4.78. The van der Waals surface area contributed by atoms with Crippen molar-refractivity contribution in [3.63, 3.8) is 0 Å². The van der Waals surface area contributed by atoms with Crippen LogP contribution in [-0.4, -0.2) is 40.0 Å². The van der Waals surface area contributed by atoms with Gasteiger partial charge in [-0.3, -0.25) is 18.9 Å². The second-order valence-electron chi connectivity index (χ2n) is 3.15. The number of phosphoric ester groups is 1. The number of primary amides is 1. The number of carbonyl (C=O) groups excluding carboxylic acids is 3. The number of rotatable bonds is 7. The summed E-state index contributed by atoms with van der Waals surface area (Å²) < 4.78 is 14.5. The van der Waals surface area contributed by atoms with Gasteiger partial charge in [0.25, 0.3) is 0 Å². The van der Waals surface area contributed by atoms with Gasteiger partial charge in [-0.1, -0.05) is 0 Å². The van der Waals surface area contributed by atoms with Crippen LogP contribution in [0.1, 0.15) is 13.3 Å². The highest BCUT2D eigenvalue weighted by Crippen LogP contribution is 2.35. The number of hydrogen-bond donors (Lipinski definition) is 4. The Morgan fingerprint density at radius 1 is 1.41 bits per heavy atom. The highest BCUT2D eigenvalue weighted by Gasteiger charge is 2.25. The molecule has 10 heteroatoms. The maximum atomic E-state index is 11.4. The van der Waals surface area contributed by atoms with E-state index in [2.05, 4.69) is 9.84 Å². The van der Waals surface area contributed by atoms with E-state index in [4.69, 9.17) is 15.5 Å². The van der Waals surface area contributed by atoms with Crippen molar-refractivity contribution in [1.82, 2.24) is 5.32 Å². The van der Waals surface area contributed by atoms with E-state index in [-0.39, 0.29) is 0 Å². The lowest BCUT2D eigenvalue weighted by molar-refractivity contribution is -0.131. The van der Waals surface area contributed by atoms with Crippen molar-refractivity contribution >= 4 is 25.4 Å². The molecule has 5 N–H and O–H groups in total. The van der Waals surface area contributed by atoms with Crippen LogP contribution in [0.4, 0.5) is 0 Å². The van der Waals surface area contributed by atoms with Crippen LogP contribution >= 0.6 is 7.82 Å². The predicted molar refractivity (Wildman–Crippen MR) is 54.4 cm³/mol. The topological polar surface area (TPSA) is 156 Å².